The van der Waals surface area contributed by atoms with E-state index in [9.17, 15) is 14.4 Å². The molecule has 2 rings (SSSR count). The number of benzene rings is 2. The first-order valence-electron chi connectivity index (χ1n) is 8.77. The fourth-order valence-corrected chi connectivity index (χ4v) is 2.65. The summed E-state index contributed by atoms with van der Waals surface area (Å²) < 4.78 is 5.00. The number of hydrogen-bond donors (Lipinski definition) is 1. The highest BCUT2D eigenvalue weighted by Crippen LogP contribution is 2.16. The molecule has 0 aliphatic heterocycles. The van der Waals surface area contributed by atoms with Gasteiger partial charge in [-0.2, -0.15) is 0 Å². The molecule has 0 atom stereocenters. The molecule has 142 valence electrons. The van der Waals surface area contributed by atoms with Crippen molar-refractivity contribution in [3.63, 3.8) is 0 Å². The Morgan fingerprint density at radius 3 is 2.48 bits per heavy atom. The Balaban J connectivity index is 2.09. The fraction of sp³-hybridized carbons (Fsp3) is 0.286. The van der Waals surface area contributed by atoms with E-state index in [1.165, 1.54) is 11.8 Å². The quantitative estimate of drug-likeness (QED) is 0.762. The summed E-state index contributed by atoms with van der Waals surface area (Å²) in [5.41, 5.74) is 2.68. The lowest BCUT2D eigenvalue weighted by Gasteiger charge is -2.21. The van der Waals surface area contributed by atoms with Crippen molar-refractivity contribution in [2.45, 2.75) is 27.3 Å². The molecule has 6 nitrogen and oxygen atoms in total. The lowest BCUT2D eigenvalue weighted by Crippen LogP contribution is -2.36. The maximum Gasteiger partial charge on any atom is 0.340 e. The van der Waals surface area contributed by atoms with Crippen LogP contribution in [0.1, 0.15) is 35.3 Å². The number of hydrogen-bond acceptors (Lipinski definition) is 4. The highest BCUT2D eigenvalue weighted by molar-refractivity contribution is 6.02. The van der Waals surface area contributed by atoms with E-state index in [1.54, 1.807) is 31.2 Å². The molecule has 2 amide bonds. The van der Waals surface area contributed by atoms with E-state index in [-0.39, 0.29) is 30.5 Å². The SMILES string of the molecule is CCOC(=O)c1ccccc1NC(=O)CN(Cc1cccc(C)c1)C(C)=O. The molecule has 0 bridgehead atoms. The first kappa shape index (κ1) is 20.2. The van der Waals surface area contributed by atoms with Crippen molar-refractivity contribution in [2.24, 2.45) is 0 Å². The number of nitrogens with one attached hydrogen (secondary N) is 1. The number of carbonyl (C=O) groups excluding carboxylic acids is 3. The summed E-state index contributed by atoms with van der Waals surface area (Å²) >= 11 is 0. The van der Waals surface area contributed by atoms with Gasteiger partial charge in [0.1, 0.15) is 6.54 Å². The minimum Gasteiger partial charge on any atom is -0.462 e. The lowest BCUT2D eigenvalue weighted by molar-refractivity contribution is -0.133. The molecule has 0 unspecified atom stereocenters. The summed E-state index contributed by atoms with van der Waals surface area (Å²) in [6.07, 6.45) is 0. The van der Waals surface area contributed by atoms with Crippen molar-refractivity contribution < 1.29 is 19.1 Å². The van der Waals surface area contributed by atoms with Gasteiger partial charge in [-0.3, -0.25) is 9.59 Å². The topological polar surface area (TPSA) is 75.7 Å². The molecule has 1 N–H and O–H groups in total. The van der Waals surface area contributed by atoms with E-state index >= 15 is 0 Å². The monoisotopic (exact) mass is 368 g/mol. The zero-order valence-corrected chi connectivity index (χ0v) is 15.8. The lowest BCUT2D eigenvalue weighted by atomic mass is 10.1. The summed E-state index contributed by atoms with van der Waals surface area (Å²) in [4.78, 5) is 37.9. The molecule has 0 spiro atoms. The van der Waals surface area contributed by atoms with Crippen molar-refractivity contribution in [2.75, 3.05) is 18.5 Å². The molecule has 2 aromatic rings. The third-order valence-electron chi connectivity index (χ3n) is 3.93. The number of anilines is 1. The molecular weight excluding hydrogens is 344 g/mol. The van der Waals surface area contributed by atoms with Crippen molar-refractivity contribution in [1.82, 2.24) is 4.90 Å². The Labute approximate surface area is 159 Å². The second kappa shape index (κ2) is 9.52. The van der Waals surface area contributed by atoms with E-state index in [0.29, 0.717) is 12.2 Å². The standard InChI is InChI=1S/C21H24N2O4/c1-4-27-21(26)18-10-5-6-11-19(18)22-20(25)14-23(16(3)24)13-17-9-7-8-15(2)12-17/h5-12H,4,13-14H2,1-3H3,(H,22,25). The minimum atomic E-state index is -0.503. The van der Waals surface area contributed by atoms with Crippen LogP contribution in [0.5, 0.6) is 0 Å². The molecule has 0 radical (unpaired) electrons. The number of ether oxygens (including phenoxy) is 1. The van der Waals surface area contributed by atoms with Gasteiger partial charge in [-0.25, -0.2) is 4.79 Å². The Hall–Kier alpha value is -3.15. The zero-order valence-electron chi connectivity index (χ0n) is 15.8. The number of amides is 2. The Morgan fingerprint density at radius 2 is 1.81 bits per heavy atom. The number of nitrogens with zero attached hydrogens (tertiary/aromatic N) is 1. The number of para-hydroxylation sites is 1. The molecule has 0 aromatic heterocycles. The van der Waals surface area contributed by atoms with Crippen LogP contribution in [0.2, 0.25) is 0 Å². The van der Waals surface area contributed by atoms with Gasteiger partial charge in [-0.1, -0.05) is 42.0 Å². The molecule has 0 aliphatic rings. The van der Waals surface area contributed by atoms with Crippen LogP contribution in [0.25, 0.3) is 0 Å². The molecule has 0 fully saturated rings. The van der Waals surface area contributed by atoms with Gasteiger partial charge in [-0.05, 0) is 31.5 Å². The Bertz CT molecular complexity index is 832. The van der Waals surface area contributed by atoms with Crippen molar-refractivity contribution in [1.29, 1.82) is 0 Å². The van der Waals surface area contributed by atoms with Crippen molar-refractivity contribution >= 4 is 23.5 Å². The Kier molecular flexibility index (Phi) is 7.11. The Morgan fingerprint density at radius 1 is 1.07 bits per heavy atom. The van der Waals surface area contributed by atoms with E-state index in [2.05, 4.69) is 5.32 Å². The predicted molar refractivity (Wildman–Crippen MR) is 103 cm³/mol. The van der Waals surface area contributed by atoms with Crippen LogP contribution < -0.4 is 5.32 Å². The van der Waals surface area contributed by atoms with E-state index in [4.69, 9.17) is 4.74 Å². The summed E-state index contributed by atoms with van der Waals surface area (Å²) in [6, 6.07) is 14.4. The largest absolute Gasteiger partial charge is 0.462 e. The molecule has 2 aromatic carbocycles. The molecule has 0 aliphatic carbocycles. The van der Waals surface area contributed by atoms with Gasteiger partial charge >= 0.3 is 5.97 Å². The second-order valence-corrected chi connectivity index (χ2v) is 6.18. The summed E-state index contributed by atoms with van der Waals surface area (Å²) in [6.45, 7) is 5.59. The third kappa shape index (κ3) is 5.95. The van der Waals surface area contributed by atoms with Gasteiger partial charge in [0.15, 0.2) is 0 Å². The fourth-order valence-electron chi connectivity index (χ4n) is 2.65. The second-order valence-electron chi connectivity index (χ2n) is 6.18. The van der Waals surface area contributed by atoms with Crippen LogP contribution in [0.15, 0.2) is 48.5 Å². The van der Waals surface area contributed by atoms with Crippen LogP contribution >= 0.6 is 0 Å². The van der Waals surface area contributed by atoms with Crippen molar-refractivity contribution in [3.8, 4) is 0 Å². The van der Waals surface area contributed by atoms with Gasteiger partial charge in [0, 0.05) is 13.5 Å². The zero-order chi connectivity index (χ0) is 19.8. The smallest absolute Gasteiger partial charge is 0.340 e. The van der Waals surface area contributed by atoms with E-state index < -0.39 is 5.97 Å². The highest BCUT2D eigenvalue weighted by atomic mass is 16.5. The normalized spacial score (nSPS) is 10.2. The first-order chi connectivity index (χ1) is 12.9. The average molecular weight is 368 g/mol. The summed E-state index contributed by atoms with van der Waals surface area (Å²) in [7, 11) is 0. The first-order valence-corrected chi connectivity index (χ1v) is 8.77. The van der Waals surface area contributed by atoms with Crippen LogP contribution in [0, 0.1) is 6.92 Å². The molecule has 6 heteroatoms. The van der Waals surface area contributed by atoms with Gasteiger partial charge < -0.3 is 15.0 Å². The maximum absolute atomic E-state index is 12.5. The molecular formula is C21H24N2O4. The van der Waals surface area contributed by atoms with Crippen LogP contribution in [-0.2, 0) is 20.9 Å². The van der Waals surface area contributed by atoms with Gasteiger partial charge in [-0.15, -0.1) is 0 Å². The van der Waals surface area contributed by atoms with E-state index in [0.717, 1.165) is 11.1 Å². The number of esters is 1. The number of aryl methyl sites for hydroxylation is 1. The number of carbonyl (C=O) groups is 3. The average Bonchev–Trinajstić information content (AvgIpc) is 2.61. The van der Waals surface area contributed by atoms with Crippen LogP contribution in [-0.4, -0.2) is 35.8 Å². The predicted octanol–water partition coefficient (Wildman–Crippen LogP) is 3.16. The summed E-state index contributed by atoms with van der Waals surface area (Å²) in [5, 5.41) is 2.70. The summed E-state index contributed by atoms with van der Waals surface area (Å²) in [5.74, 6) is -1.09. The molecule has 0 saturated heterocycles. The molecule has 0 saturated carbocycles. The van der Waals surface area contributed by atoms with Gasteiger partial charge in [0.25, 0.3) is 0 Å². The van der Waals surface area contributed by atoms with Crippen LogP contribution in [0.4, 0.5) is 5.69 Å². The molecule has 27 heavy (non-hydrogen) atoms. The highest BCUT2D eigenvalue weighted by Gasteiger charge is 2.17. The minimum absolute atomic E-state index is 0.111. The maximum atomic E-state index is 12.5. The number of rotatable bonds is 7. The van der Waals surface area contributed by atoms with E-state index in [1.807, 2.05) is 31.2 Å². The van der Waals surface area contributed by atoms with Crippen molar-refractivity contribution in [3.05, 3.63) is 65.2 Å². The van der Waals surface area contributed by atoms with Crippen LogP contribution in [0.3, 0.4) is 0 Å². The molecule has 0 heterocycles. The third-order valence-corrected chi connectivity index (χ3v) is 3.93. The van der Waals surface area contributed by atoms with Gasteiger partial charge in [0.05, 0.1) is 17.9 Å². The van der Waals surface area contributed by atoms with Gasteiger partial charge in [0.2, 0.25) is 11.8 Å².